The van der Waals surface area contributed by atoms with Gasteiger partial charge in [0.05, 0.1) is 23.6 Å². The molecule has 2 saturated heterocycles. The van der Waals surface area contributed by atoms with Crippen LogP contribution in [0.4, 0.5) is 0 Å². The Balaban J connectivity index is 1.62. The van der Waals surface area contributed by atoms with Crippen molar-refractivity contribution in [2.24, 2.45) is 11.8 Å². The maximum absolute atomic E-state index is 11.8. The van der Waals surface area contributed by atoms with Gasteiger partial charge in [0, 0.05) is 6.04 Å². The molecule has 4 aliphatic rings. The van der Waals surface area contributed by atoms with E-state index in [1.807, 2.05) is 0 Å². The highest BCUT2D eigenvalue weighted by atomic mass is 32.2. The lowest BCUT2D eigenvalue weighted by Gasteiger charge is -2.35. The average molecular weight is 286 g/mol. The summed E-state index contributed by atoms with van der Waals surface area (Å²) in [5.74, 6) is 2.16. The average Bonchev–Trinajstić information content (AvgIpc) is 2.96. The minimum absolute atomic E-state index is 0.0432. The first-order valence-corrected chi connectivity index (χ1v) is 9.06. The first-order chi connectivity index (χ1) is 8.53. The van der Waals surface area contributed by atoms with E-state index in [1.165, 1.54) is 25.7 Å². The Labute approximate surface area is 113 Å². The van der Waals surface area contributed by atoms with Crippen LogP contribution in [0.2, 0.25) is 0 Å². The third-order valence-corrected chi connectivity index (χ3v) is 7.33. The Kier molecular flexibility index (Phi) is 2.29. The number of nitrogens with zero attached hydrogens (tertiary/aromatic N) is 1. The maximum atomic E-state index is 11.8. The standard InChI is InChI=1S/C12H18N2O2S2/c15-18(16)5-9-11(6-18)14(12(17)13-9)10-4-7-1-2-8(10)3-7/h7-11H,1-6H2,(H,13,17)/t7-,8-,9-,10-,11+/m0/s1. The second-order valence-electron chi connectivity index (χ2n) is 6.35. The molecule has 5 atom stereocenters. The first kappa shape index (κ1) is 11.5. The van der Waals surface area contributed by atoms with E-state index in [4.69, 9.17) is 12.2 Å². The molecule has 18 heavy (non-hydrogen) atoms. The summed E-state index contributed by atoms with van der Waals surface area (Å²) in [6, 6.07) is 0.653. The Morgan fingerprint density at radius 3 is 2.67 bits per heavy atom. The summed E-state index contributed by atoms with van der Waals surface area (Å²) < 4.78 is 23.5. The zero-order chi connectivity index (χ0) is 12.5. The van der Waals surface area contributed by atoms with E-state index in [2.05, 4.69) is 10.2 Å². The van der Waals surface area contributed by atoms with Crippen LogP contribution in [-0.2, 0) is 9.84 Å². The Hall–Kier alpha value is -0.360. The van der Waals surface area contributed by atoms with Gasteiger partial charge < -0.3 is 10.2 Å². The molecule has 0 spiro atoms. The number of nitrogens with one attached hydrogen (secondary N) is 1. The minimum atomic E-state index is -2.87. The van der Waals surface area contributed by atoms with Crippen LogP contribution in [-0.4, -0.2) is 48.1 Å². The molecule has 4 fully saturated rings. The van der Waals surface area contributed by atoms with E-state index in [9.17, 15) is 8.42 Å². The Morgan fingerprint density at radius 2 is 2.00 bits per heavy atom. The molecule has 0 amide bonds. The smallest absolute Gasteiger partial charge is 0.169 e. The summed E-state index contributed by atoms with van der Waals surface area (Å²) >= 11 is 5.44. The molecule has 0 aromatic rings. The van der Waals surface area contributed by atoms with Crippen molar-refractivity contribution in [3.8, 4) is 0 Å². The molecule has 6 heteroatoms. The molecule has 0 unspecified atom stereocenters. The molecular weight excluding hydrogens is 268 g/mol. The van der Waals surface area contributed by atoms with Gasteiger partial charge in [-0.25, -0.2) is 8.42 Å². The number of sulfone groups is 1. The summed E-state index contributed by atoms with van der Waals surface area (Å²) in [7, 11) is -2.87. The molecule has 100 valence electrons. The monoisotopic (exact) mass is 286 g/mol. The molecule has 2 saturated carbocycles. The Morgan fingerprint density at radius 1 is 1.17 bits per heavy atom. The van der Waals surface area contributed by atoms with Crippen molar-refractivity contribution in [3.05, 3.63) is 0 Å². The van der Waals surface area contributed by atoms with E-state index in [0.29, 0.717) is 11.8 Å². The highest BCUT2D eigenvalue weighted by Crippen LogP contribution is 2.48. The lowest BCUT2D eigenvalue weighted by Crippen LogP contribution is -2.46. The topological polar surface area (TPSA) is 49.4 Å². The fourth-order valence-corrected chi connectivity index (χ4v) is 6.90. The second kappa shape index (κ2) is 3.60. The molecule has 2 bridgehead atoms. The fraction of sp³-hybridized carbons (Fsp3) is 0.917. The minimum Gasteiger partial charge on any atom is -0.357 e. The van der Waals surface area contributed by atoms with E-state index in [1.54, 1.807) is 0 Å². The summed E-state index contributed by atoms with van der Waals surface area (Å²) in [4.78, 5) is 2.26. The molecule has 4 nitrogen and oxygen atoms in total. The predicted molar refractivity (Wildman–Crippen MR) is 73.0 cm³/mol. The van der Waals surface area contributed by atoms with Crippen LogP contribution in [0.1, 0.15) is 25.7 Å². The lowest BCUT2D eigenvalue weighted by molar-refractivity contribution is 0.200. The van der Waals surface area contributed by atoms with Crippen LogP contribution in [0.3, 0.4) is 0 Å². The van der Waals surface area contributed by atoms with Crippen molar-refractivity contribution in [2.75, 3.05) is 11.5 Å². The van der Waals surface area contributed by atoms with Gasteiger partial charge in [-0.3, -0.25) is 0 Å². The van der Waals surface area contributed by atoms with E-state index >= 15 is 0 Å². The quantitative estimate of drug-likeness (QED) is 0.713. The molecule has 4 rings (SSSR count). The number of hydrogen-bond acceptors (Lipinski definition) is 3. The zero-order valence-electron chi connectivity index (χ0n) is 10.2. The van der Waals surface area contributed by atoms with Crippen molar-refractivity contribution < 1.29 is 8.42 Å². The van der Waals surface area contributed by atoms with Gasteiger partial charge in [0.25, 0.3) is 0 Å². The SMILES string of the molecule is O=S1(=O)C[C@@H]2NC(=S)N([C@H]3C[C@H]4CC[C@H]3C4)[C@@H]2C1. The first-order valence-electron chi connectivity index (χ1n) is 6.83. The predicted octanol–water partition coefficient (Wildman–Crippen LogP) is 0.531. The summed E-state index contributed by atoms with van der Waals surface area (Å²) in [6.07, 6.45) is 5.21. The van der Waals surface area contributed by atoms with Crippen molar-refractivity contribution in [2.45, 2.75) is 43.8 Å². The highest BCUT2D eigenvalue weighted by molar-refractivity contribution is 7.91. The van der Waals surface area contributed by atoms with Gasteiger partial charge in [0.1, 0.15) is 0 Å². The molecule has 1 N–H and O–H groups in total. The maximum Gasteiger partial charge on any atom is 0.169 e. The summed E-state index contributed by atoms with van der Waals surface area (Å²) in [6.45, 7) is 0. The largest absolute Gasteiger partial charge is 0.357 e. The second-order valence-corrected chi connectivity index (χ2v) is 8.89. The number of rotatable bonds is 1. The molecule has 0 aromatic heterocycles. The Bertz CT molecular complexity index is 504. The van der Waals surface area contributed by atoms with Crippen molar-refractivity contribution in [1.29, 1.82) is 0 Å². The summed E-state index contributed by atoms with van der Waals surface area (Å²) in [5, 5.41) is 4.04. The third-order valence-electron chi connectivity index (χ3n) is 5.28. The number of hydrogen-bond donors (Lipinski definition) is 1. The number of thiocarbonyl (C=S) groups is 1. The fourth-order valence-electron chi connectivity index (χ4n) is 4.57. The van der Waals surface area contributed by atoms with Crippen molar-refractivity contribution >= 4 is 27.2 Å². The van der Waals surface area contributed by atoms with Gasteiger partial charge in [0.15, 0.2) is 14.9 Å². The highest BCUT2D eigenvalue weighted by Gasteiger charge is 2.53. The lowest BCUT2D eigenvalue weighted by atomic mass is 9.93. The van der Waals surface area contributed by atoms with Gasteiger partial charge in [-0.15, -0.1) is 0 Å². The third kappa shape index (κ3) is 1.54. The van der Waals surface area contributed by atoms with E-state index < -0.39 is 9.84 Å². The normalized spacial score (nSPS) is 48.6. The molecule has 0 aromatic carbocycles. The molecule has 2 heterocycles. The molecule has 2 aliphatic carbocycles. The van der Waals surface area contributed by atoms with Crippen molar-refractivity contribution in [1.82, 2.24) is 10.2 Å². The van der Waals surface area contributed by atoms with Crippen LogP contribution in [0.5, 0.6) is 0 Å². The number of fused-ring (bicyclic) bond motifs is 3. The zero-order valence-corrected chi connectivity index (χ0v) is 11.8. The van der Waals surface area contributed by atoms with Gasteiger partial charge in [-0.05, 0) is 43.3 Å². The van der Waals surface area contributed by atoms with Crippen molar-refractivity contribution in [3.63, 3.8) is 0 Å². The summed E-state index contributed by atoms with van der Waals surface area (Å²) in [5.41, 5.74) is 0. The van der Waals surface area contributed by atoms with Gasteiger partial charge in [-0.2, -0.15) is 0 Å². The van der Waals surface area contributed by atoms with Crippen LogP contribution >= 0.6 is 12.2 Å². The van der Waals surface area contributed by atoms with Crippen LogP contribution < -0.4 is 5.32 Å². The van der Waals surface area contributed by atoms with Gasteiger partial charge >= 0.3 is 0 Å². The van der Waals surface area contributed by atoms with E-state index in [0.717, 1.165) is 16.9 Å². The van der Waals surface area contributed by atoms with Crippen LogP contribution in [0, 0.1) is 11.8 Å². The van der Waals surface area contributed by atoms with Crippen LogP contribution in [0.15, 0.2) is 0 Å². The molecule has 2 aliphatic heterocycles. The van der Waals surface area contributed by atoms with E-state index in [-0.39, 0.29) is 17.8 Å². The van der Waals surface area contributed by atoms with Crippen LogP contribution in [0.25, 0.3) is 0 Å². The van der Waals surface area contributed by atoms with Gasteiger partial charge in [-0.1, -0.05) is 6.42 Å². The molecule has 0 radical (unpaired) electrons. The molecular formula is C12H18N2O2S2. The van der Waals surface area contributed by atoms with Gasteiger partial charge in [0.2, 0.25) is 0 Å².